The molecule has 0 aliphatic rings. The van der Waals surface area contributed by atoms with Gasteiger partial charge in [0.15, 0.2) is 10.9 Å². The molecule has 0 bridgehead atoms. The molecule has 0 unspecified atom stereocenters. The summed E-state index contributed by atoms with van der Waals surface area (Å²) < 4.78 is 33.7. The molecular weight excluding hydrogens is 338 g/mol. The minimum atomic E-state index is -2.86. The normalized spacial score (nSPS) is 10.8. The van der Waals surface area contributed by atoms with Gasteiger partial charge in [0.2, 0.25) is 0 Å². The predicted molar refractivity (Wildman–Crippen MR) is 85.6 cm³/mol. The second-order valence-corrected chi connectivity index (χ2v) is 5.96. The van der Waals surface area contributed by atoms with Crippen molar-refractivity contribution in [1.82, 2.24) is 4.98 Å². The minimum absolute atomic E-state index is 0.0768. The molecule has 8 heteroatoms. The van der Waals surface area contributed by atoms with Crippen molar-refractivity contribution in [3.63, 3.8) is 0 Å². The highest BCUT2D eigenvalue weighted by Gasteiger charge is 2.15. The van der Waals surface area contributed by atoms with Crippen LogP contribution < -0.4 is 10.1 Å². The van der Waals surface area contributed by atoms with Crippen molar-refractivity contribution in [3.8, 4) is 17.0 Å². The van der Waals surface area contributed by atoms with E-state index in [1.165, 1.54) is 29.7 Å². The van der Waals surface area contributed by atoms with E-state index in [-0.39, 0.29) is 17.4 Å². The van der Waals surface area contributed by atoms with Gasteiger partial charge in [-0.25, -0.2) is 4.98 Å². The zero-order valence-corrected chi connectivity index (χ0v) is 13.3. The van der Waals surface area contributed by atoms with Gasteiger partial charge in [0.1, 0.15) is 5.75 Å². The summed E-state index contributed by atoms with van der Waals surface area (Å²) in [5.74, 6) is -0.119. The molecule has 1 aromatic carbocycles. The topological polar surface area (TPSA) is 64.4 Å². The molecule has 3 aromatic rings. The highest BCUT2D eigenvalue weighted by molar-refractivity contribution is 7.16. The number of aryl methyl sites for hydroxylation is 1. The number of nitrogens with one attached hydrogen (secondary N) is 1. The van der Waals surface area contributed by atoms with Crippen LogP contribution in [0.5, 0.6) is 5.75 Å². The van der Waals surface area contributed by atoms with Gasteiger partial charge < -0.3 is 9.15 Å². The number of amides is 1. The fourth-order valence-electron chi connectivity index (χ4n) is 2.08. The van der Waals surface area contributed by atoms with Crippen molar-refractivity contribution < 1.29 is 22.7 Å². The van der Waals surface area contributed by atoms with Crippen LogP contribution in [0.15, 0.2) is 47.1 Å². The lowest BCUT2D eigenvalue weighted by Gasteiger charge is -2.05. The molecule has 2 heterocycles. The number of carbonyl (C=O) groups is 1. The number of ether oxygens (including phenoxy) is 1. The van der Waals surface area contributed by atoms with Gasteiger partial charge >= 0.3 is 6.61 Å². The molecule has 0 fully saturated rings. The van der Waals surface area contributed by atoms with Crippen LogP contribution in [-0.4, -0.2) is 17.5 Å². The van der Waals surface area contributed by atoms with Crippen LogP contribution in [-0.2, 0) is 0 Å². The molecule has 0 aliphatic carbocycles. The summed E-state index contributed by atoms with van der Waals surface area (Å²) in [5, 5.41) is 3.09. The lowest BCUT2D eigenvalue weighted by molar-refractivity contribution is -0.0498. The summed E-state index contributed by atoms with van der Waals surface area (Å²) in [4.78, 5) is 17.2. The summed E-state index contributed by atoms with van der Waals surface area (Å²) in [6.07, 6.45) is 1.41. The van der Waals surface area contributed by atoms with E-state index in [0.29, 0.717) is 10.8 Å². The van der Waals surface area contributed by atoms with Crippen LogP contribution in [0.1, 0.15) is 15.4 Å². The van der Waals surface area contributed by atoms with Crippen LogP contribution in [0.2, 0.25) is 0 Å². The molecule has 1 amide bonds. The summed E-state index contributed by atoms with van der Waals surface area (Å²) in [5.41, 5.74) is 1.40. The number of thiazole rings is 1. The lowest BCUT2D eigenvalue weighted by atomic mass is 10.1. The number of nitrogens with zero attached hydrogens (tertiary/aromatic N) is 1. The van der Waals surface area contributed by atoms with Crippen LogP contribution in [0.25, 0.3) is 11.3 Å². The molecule has 124 valence electrons. The Bertz CT molecular complexity index is 830. The molecule has 2 aromatic heterocycles. The van der Waals surface area contributed by atoms with Crippen LogP contribution in [0.4, 0.5) is 13.9 Å². The molecule has 0 atom stereocenters. The van der Waals surface area contributed by atoms with E-state index in [2.05, 4.69) is 15.0 Å². The fourth-order valence-corrected chi connectivity index (χ4v) is 2.91. The van der Waals surface area contributed by atoms with Gasteiger partial charge in [-0.3, -0.25) is 10.1 Å². The number of furan rings is 1. The number of benzene rings is 1. The quantitative estimate of drug-likeness (QED) is 0.732. The van der Waals surface area contributed by atoms with Crippen molar-refractivity contribution in [2.75, 3.05) is 5.32 Å². The monoisotopic (exact) mass is 350 g/mol. The van der Waals surface area contributed by atoms with E-state index in [1.54, 1.807) is 24.3 Å². The number of hydrogen-bond donors (Lipinski definition) is 1. The smallest absolute Gasteiger partial charge is 0.387 e. The van der Waals surface area contributed by atoms with Gasteiger partial charge in [0.25, 0.3) is 5.91 Å². The second kappa shape index (κ2) is 6.79. The maximum Gasteiger partial charge on any atom is 0.387 e. The van der Waals surface area contributed by atoms with Gasteiger partial charge in [-0.15, -0.1) is 11.3 Å². The number of hydrogen-bond acceptors (Lipinski definition) is 5. The van der Waals surface area contributed by atoms with E-state index < -0.39 is 6.61 Å². The zero-order chi connectivity index (χ0) is 17.1. The molecule has 5 nitrogen and oxygen atoms in total. The number of rotatable bonds is 5. The SMILES string of the molecule is Cc1sc(NC(=O)c2ccco2)nc1-c1ccc(OC(F)F)cc1. The maximum atomic E-state index is 12.2. The molecule has 0 saturated heterocycles. The van der Waals surface area contributed by atoms with Crippen molar-refractivity contribution >= 4 is 22.4 Å². The number of halogens is 2. The second-order valence-electron chi connectivity index (χ2n) is 4.76. The Morgan fingerprint density at radius 1 is 1.29 bits per heavy atom. The van der Waals surface area contributed by atoms with Crippen molar-refractivity contribution in [1.29, 1.82) is 0 Å². The average molecular weight is 350 g/mol. The van der Waals surface area contributed by atoms with Gasteiger partial charge in [-0.05, 0) is 43.3 Å². The summed E-state index contributed by atoms with van der Waals surface area (Å²) >= 11 is 1.31. The Hall–Kier alpha value is -2.74. The summed E-state index contributed by atoms with van der Waals surface area (Å²) in [6, 6.07) is 9.34. The Balaban J connectivity index is 1.77. The van der Waals surface area contributed by atoms with Crippen molar-refractivity contribution in [2.45, 2.75) is 13.5 Å². The third-order valence-corrected chi connectivity index (χ3v) is 4.00. The highest BCUT2D eigenvalue weighted by atomic mass is 32.1. The Morgan fingerprint density at radius 2 is 2.04 bits per heavy atom. The zero-order valence-electron chi connectivity index (χ0n) is 12.5. The first kappa shape index (κ1) is 16.1. The largest absolute Gasteiger partial charge is 0.459 e. The number of anilines is 1. The number of carbonyl (C=O) groups excluding carboxylic acids is 1. The predicted octanol–water partition coefficient (Wildman–Crippen LogP) is 4.57. The Kier molecular flexibility index (Phi) is 4.57. The minimum Gasteiger partial charge on any atom is -0.459 e. The molecule has 1 N–H and O–H groups in total. The van der Waals surface area contributed by atoms with E-state index >= 15 is 0 Å². The Labute approximate surface area is 139 Å². The molecule has 24 heavy (non-hydrogen) atoms. The summed E-state index contributed by atoms with van der Waals surface area (Å²) in [6.45, 7) is -1.00. The third-order valence-electron chi connectivity index (χ3n) is 3.11. The maximum absolute atomic E-state index is 12.2. The van der Waals surface area contributed by atoms with Crippen LogP contribution in [0.3, 0.4) is 0 Å². The Morgan fingerprint density at radius 3 is 2.67 bits per heavy atom. The lowest BCUT2D eigenvalue weighted by Crippen LogP contribution is -2.10. The van der Waals surface area contributed by atoms with E-state index in [4.69, 9.17) is 4.42 Å². The fraction of sp³-hybridized carbons (Fsp3) is 0.125. The third kappa shape index (κ3) is 3.60. The van der Waals surface area contributed by atoms with Gasteiger partial charge in [0.05, 0.1) is 12.0 Å². The van der Waals surface area contributed by atoms with Crippen LogP contribution >= 0.6 is 11.3 Å². The molecule has 0 aliphatic heterocycles. The average Bonchev–Trinajstić information content (AvgIpc) is 3.17. The molecule has 0 spiro atoms. The van der Waals surface area contributed by atoms with E-state index in [1.807, 2.05) is 6.92 Å². The van der Waals surface area contributed by atoms with Crippen molar-refractivity contribution in [3.05, 3.63) is 53.3 Å². The number of alkyl halides is 2. The first-order valence-electron chi connectivity index (χ1n) is 6.90. The molecule has 0 saturated carbocycles. The molecule has 0 radical (unpaired) electrons. The van der Waals surface area contributed by atoms with Gasteiger partial charge in [-0.2, -0.15) is 8.78 Å². The number of aromatic nitrogens is 1. The standard InChI is InChI=1S/C16H12F2N2O3S/c1-9-13(10-4-6-11(7-5-10)23-15(17)18)19-16(24-9)20-14(21)12-3-2-8-22-12/h2-8,15H,1H3,(H,19,20,21). The van der Waals surface area contributed by atoms with Crippen molar-refractivity contribution in [2.24, 2.45) is 0 Å². The van der Waals surface area contributed by atoms with E-state index in [9.17, 15) is 13.6 Å². The molecular formula is C16H12F2N2O3S. The van der Waals surface area contributed by atoms with E-state index in [0.717, 1.165) is 10.4 Å². The van der Waals surface area contributed by atoms with Crippen LogP contribution in [0, 0.1) is 6.92 Å². The van der Waals surface area contributed by atoms with Gasteiger partial charge in [0, 0.05) is 10.4 Å². The first-order chi connectivity index (χ1) is 11.5. The highest BCUT2D eigenvalue weighted by Crippen LogP contribution is 2.31. The first-order valence-corrected chi connectivity index (χ1v) is 7.72. The van der Waals surface area contributed by atoms with Gasteiger partial charge in [-0.1, -0.05) is 0 Å². The molecule has 3 rings (SSSR count). The summed E-state index contributed by atoms with van der Waals surface area (Å²) in [7, 11) is 0.